The van der Waals surface area contributed by atoms with Crippen LogP contribution in [0.1, 0.15) is 53.4 Å². The lowest BCUT2D eigenvalue weighted by molar-refractivity contribution is -0.119. The topological polar surface area (TPSA) is 20.3 Å². The first-order valence-electron chi connectivity index (χ1n) is 6.34. The number of unbranched alkanes of at least 4 members (excludes halogenated alkanes) is 1. The van der Waals surface area contributed by atoms with Crippen molar-refractivity contribution in [3.63, 3.8) is 0 Å². The molecule has 0 N–H and O–H groups in total. The van der Waals surface area contributed by atoms with Crippen molar-refractivity contribution < 1.29 is 4.79 Å². The fourth-order valence-electron chi connectivity index (χ4n) is 1.45. The maximum absolute atomic E-state index is 11.4. The molecule has 0 aromatic carbocycles. The van der Waals surface area contributed by atoms with E-state index in [1.54, 1.807) is 0 Å². The van der Waals surface area contributed by atoms with Crippen molar-refractivity contribution in [3.05, 3.63) is 0 Å². The van der Waals surface area contributed by atoms with Crippen LogP contribution in [0.25, 0.3) is 0 Å². The molecule has 2 heteroatoms. The molecule has 0 rings (SSSR count). The Labute approximate surface area is 95.0 Å². The number of hydrogen-bond acceptors (Lipinski definition) is 2. The molecule has 90 valence electrons. The van der Waals surface area contributed by atoms with Crippen LogP contribution < -0.4 is 0 Å². The van der Waals surface area contributed by atoms with Gasteiger partial charge in [0.2, 0.25) is 0 Å². The molecule has 0 aromatic heterocycles. The van der Waals surface area contributed by atoms with Crippen LogP contribution in [0.4, 0.5) is 0 Å². The highest BCUT2D eigenvalue weighted by Gasteiger charge is 2.09. The minimum Gasteiger partial charge on any atom is -0.298 e. The number of carbonyl (C=O) groups excluding carboxylic acids is 1. The van der Waals surface area contributed by atoms with Gasteiger partial charge in [0.1, 0.15) is 5.78 Å². The van der Waals surface area contributed by atoms with Gasteiger partial charge in [0, 0.05) is 6.42 Å². The zero-order valence-corrected chi connectivity index (χ0v) is 10.9. The number of ketones is 1. The van der Waals surface area contributed by atoms with E-state index < -0.39 is 0 Å². The van der Waals surface area contributed by atoms with Gasteiger partial charge in [-0.3, -0.25) is 9.69 Å². The number of Topliss-reactive ketones (excluding diaryl/α,β-unsaturated/α-hetero) is 1. The molecule has 0 fully saturated rings. The van der Waals surface area contributed by atoms with Crippen molar-refractivity contribution in [1.82, 2.24) is 4.90 Å². The van der Waals surface area contributed by atoms with E-state index in [-0.39, 0.29) is 0 Å². The van der Waals surface area contributed by atoms with E-state index in [1.807, 2.05) is 6.92 Å². The molecular weight excluding hydrogens is 186 g/mol. The highest BCUT2D eigenvalue weighted by atomic mass is 16.1. The minimum atomic E-state index is 0.370. The molecule has 0 unspecified atom stereocenters. The Hall–Kier alpha value is -0.370. The van der Waals surface area contributed by atoms with Crippen molar-refractivity contribution in [1.29, 1.82) is 0 Å². The number of carbonyl (C=O) groups is 1. The summed E-state index contributed by atoms with van der Waals surface area (Å²) in [7, 11) is 0. The van der Waals surface area contributed by atoms with Gasteiger partial charge in [-0.1, -0.05) is 34.1 Å². The monoisotopic (exact) mass is 213 g/mol. The first-order valence-corrected chi connectivity index (χ1v) is 6.34. The molecule has 0 aliphatic rings. The molecule has 0 radical (unpaired) electrons. The Morgan fingerprint density at radius 3 is 2.33 bits per heavy atom. The lowest BCUT2D eigenvalue weighted by Gasteiger charge is -2.22. The van der Waals surface area contributed by atoms with Gasteiger partial charge in [0.25, 0.3) is 0 Å². The third kappa shape index (κ3) is 8.61. The lowest BCUT2D eigenvalue weighted by atomic mass is 10.1. The summed E-state index contributed by atoms with van der Waals surface area (Å²) < 4.78 is 0. The molecule has 0 aliphatic heterocycles. The molecule has 0 heterocycles. The van der Waals surface area contributed by atoms with Gasteiger partial charge in [0.15, 0.2) is 0 Å². The SMILES string of the molecule is CCCCN(CCC(C)C)CC(=O)CC. The summed E-state index contributed by atoms with van der Waals surface area (Å²) in [5.41, 5.74) is 0. The van der Waals surface area contributed by atoms with Crippen LogP contribution in [-0.4, -0.2) is 30.3 Å². The van der Waals surface area contributed by atoms with Gasteiger partial charge in [0.05, 0.1) is 6.54 Å². The van der Waals surface area contributed by atoms with Crippen LogP contribution in [0.2, 0.25) is 0 Å². The number of hydrogen-bond donors (Lipinski definition) is 0. The van der Waals surface area contributed by atoms with Crippen molar-refractivity contribution in [3.8, 4) is 0 Å². The molecule has 2 nitrogen and oxygen atoms in total. The fraction of sp³-hybridized carbons (Fsp3) is 0.923. The van der Waals surface area contributed by atoms with E-state index in [0.717, 1.165) is 19.0 Å². The van der Waals surface area contributed by atoms with Crippen molar-refractivity contribution in [2.24, 2.45) is 5.92 Å². The molecule has 0 atom stereocenters. The quantitative estimate of drug-likeness (QED) is 0.586. The first kappa shape index (κ1) is 14.6. The summed E-state index contributed by atoms with van der Waals surface area (Å²) in [5.74, 6) is 1.10. The van der Waals surface area contributed by atoms with Crippen molar-refractivity contribution >= 4 is 5.78 Å². The van der Waals surface area contributed by atoms with E-state index in [1.165, 1.54) is 19.3 Å². The highest BCUT2D eigenvalue weighted by molar-refractivity contribution is 5.80. The molecule has 0 spiro atoms. The second kappa shape index (κ2) is 8.90. The molecule has 0 aromatic rings. The van der Waals surface area contributed by atoms with Gasteiger partial charge >= 0.3 is 0 Å². The van der Waals surface area contributed by atoms with E-state index in [9.17, 15) is 4.79 Å². The van der Waals surface area contributed by atoms with E-state index in [0.29, 0.717) is 18.7 Å². The van der Waals surface area contributed by atoms with E-state index >= 15 is 0 Å². The predicted molar refractivity (Wildman–Crippen MR) is 66.1 cm³/mol. The van der Waals surface area contributed by atoms with Crippen LogP contribution in [-0.2, 0) is 4.79 Å². The minimum absolute atomic E-state index is 0.370. The van der Waals surface area contributed by atoms with Crippen molar-refractivity contribution in [2.75, 3.05) is 19.6 Å². The molecule has 15 heavy (non-hydrogen) atoms. The molecule has 0 saturated carbocycles. The van der Waals surface area contributed by atoms with Crippen molar-refractivity contribution in [2.45, 2.75) is 53.4 Å². The molecule has 0 bridgehead atoms. The Morgan fingerprint density at radius 2 is 1.87 bits per heavy atom. The molecule has 0 saturated heterocycles. The van der Waals surface area contributed by atoms with Crippen LogP contribution in [0.3, 0.4) is 0 Å². The van der Waals surface area contributed by atoms with Gasteiger partial charge in [-0.2, -0.15) is 0 Å². The Morgan fingerprint density at radius 1 is 1.20 bits per heavy atom. The summed E-state index contributed by atoms with van der Waals surface area (Å²) >= 11 is 0. The molecule has 0 aliphatic carbocycles. The summed E-state index contributed by atoms with van der Waals surface area (Å²) in [6.07, 6.45) is 4.28. The highest BCUT2D eigenvalue weighted by Crippen LogP contribution is 2.04. The second-order valence-electron chi connectivity index (χ2n) is 4.70. The maximum atomic E-state index is 11.4. The fourth-order valence-corrected chi connectivity index (χ4v) is 1.45. The summed E-state index contributed by atoms with van der Waals surface area (Å²) in [4.78, 5) is 13.7. The Bertz CT molecular complexity index is 166. The number of rotatable bonds is 9. The zero-order chi connectivity index (χ0) is 11.7. The summed E-state index contributed by atoms with van der Waals surface area (Å²) in [5, 5.41) is 0. The number of nitrogens with zero attached hydrogens (tertiary/aromatic N) is 1. The average molecular weight is 213 g/mol. The largest absolute Gasteiger partial charge is 0.298 e. The lowest BCUT2D eigenvalue weighted by Crippen LogP contribution is -2.32. The van der Waals surface area contributed by atoms with Crippen LogP contribution in [0.5, 0.6) is 0 Å². The van der Waals surface area contributed by atoms with Crippen LogP contribution in [0, 0.1) is 5.92 Å². The van der Waals surface area contributed by atoms with E-state index in [4.69, 9.17) is 0 Å². The normalized spacial score (nSPS) is 11.3. The third-order valence-electron chi connectivity index (χ3n) is 2.64. The average Bonchev–Trinajstić information content (AvgIpc) is 2.21. The van der Waals surface area contributed by atoms with Gasteiger partial charge in [-0.25, -0.2) is 0 Å². The third-order valence-corrected chi connectivity index (χ3v) is 2.64. The standard InChI is InChI=1S/C13H27NO/c1-5-7-9-14(10-8-12(3)4)11-13(15)6-2/h12H,5-11H2,1-4H3. The smallest absolute Gasteiger partial charge is 0.146 e. The molecule has 0 amide bonds. The Balaban J connectivity index is 3.88. The van der Waals surface area contributed by atoms with Crippen LogP contribution in [0.15, 0.2) is 0 Å². The van der Waals surface area contributed by atoms with Gasteiger partial charge in [-0.15, -0.1) is 0 Å². The summed E-state index contributed by atoms with van der Waals surface area (Å²) in [6.45, 7) is 11.4. The predicted octanol–water partition coefficient (Wildman–Crippen LogP) is 3.11. The first-order chi connectivity index (χ1) is 7.10. The van der Waals surface area contributed by atoms with Gasteiger partial charge in [-0.05, 0) is 31.8 Å². The summed E-state index contributed by atoms with van der Waals surface area (Å²) in [6, 6.07) is 0. The molecular formula is C13H27NO. The maximum Gasteiger partial charge on any atom is 0.146 e. The Kier molecular flexibility index (Phi) is 8.68. The van der Waals surface area contributed by atoms with Crippen LogP contribution >= 0.6 is 0 Å². The second-order valence-corrected chi connectivity index (χ2v) is 4.70. The van der Waals surface area contributed by atoms with Gasteiger partial charge < -0.3 is 0 Å². The zero-order valence-electron chi connectivity index (χ0n) is 10.9. The van der Waals surface area contributed by atoms with E-state index in [2.05, 4.69) is 25.7 Å².